The summed E-state index contributed by atoms with van der Waals surface area (Å²) in [5, 5.41) is 4.01. The molecule has 3 aromatic rings. The highest BCUT2D eigenvalue weighted by Crippen LogP contribution is 2.24. The number of aromatic nitrogens is 2. The first-order chi connectivity index (χ1) is 13.5. The number of ether oxygens (including phenoxy) is 1. The zero-order valence-electron chi connectivity index (χ0n) is 15.5. The van der Waals surface area contributed by atoms with Gasteiger partial charge in [-0.1, -0.05) is 41.1 Å². The van der Waals surface area contributed by atoms with Crippen LogP contribution in [0, 0.1) is 6.92 Å². The Morgan fingerprint density at radius 2 is 1.96 bits per heavy atom. The van der Waals surface area contributed by atoms with Gasteiger partial charge in [0.15, 0.2) is 0 Å². The van der Waals surface area contributed by atoms with E-state index in [4.69, 9.17) is 9.26 Å². The summed E-state index contributed by atoms with van der Waals surface area (Å²) in [4.78, 5) is 4.55. The highest BCUT2D eigenvalue weighted by molar-refractivity contribution is 7.89. The van der Waals surface area contributed by atoms with Gasteiger partial charge in [0.05, 0.1) is 11.0 Å². The predicted molar refractivity (Wildman–Crippen MR) is 104 cm³/mol. The van der Waals surface area contributed by atoms with E-state index in [-0.39, 0.29) is 23.4 Å². The lowest BCUT2D eigenvalue weighted by Gasteiger charge is -2.11. The Balaban J connectivity index is 1.54. The highest BCUT2D eigenvalue weighted by atomic mass is 32.2. The summed E-state index contributed by atoms with van der Waals surface area (Å²) in [7, 11) is -3.65. The van der Waals surface area contributed by atoms with E-state index in [9.17, 15) is 8.42 Å². The smallest absolute Gasteiger partial charge is 0.258 e. The zero-order valence-corrected chi connectivity index (χ0v) is 16.3. The first kappa shape index (κ1) is 18.8. The molecule has 1 unspecified atom stereocenters. The molecule has 1 aliphatic heterocycles. The van der Waals surface area contributed by atoms with Crippen molar-refractivity contribution in [3.05, 3.63) is 54.1 Å². The van der Waals surface area contributed by atoms with Crippen molar-refractivity contribution in [3.8, 4) is 22.8 Å². The van der Waals surface area contributed by atoms with Gasteiger partial charge >= 0.3 is 0 Å². The molecule has 146 valence electrons. The van der Waals surface area contributed by atoms with Crippen LogP contribution >= 0.6 is 0 Å². The number of nitrogens with one attached hydrogen (secondary N) is 1. The Kier molecular flexibility index (Phi) is 5.25. The number of rotatable bonds is 6. The first-order valence-electron chi connectivity index (χ1n) is 9.14. The average molecular weight is 399 g/mol. The molecule has 1 saturated heterocycles. The molecule has 28 heavy (non-hydrogen) atoms. The molecule has 1 N–H and O–H groups in total. The van der Waals surface area contributed by atoms with E-state index in [0.29, 0.717) is 18.0 Å². The molecule has 2 aromatic carbocycles. The van der Waals surface area contributed by atoms with E-state index < -0.39 is 10.0 Å². The van der Waals surface area contributed by atoms with Crippen molar-refractivity contribution >= 4 is 10.0 Å². The normalized spacial score (nSPS) is 17.1. The zero-order chi connectivity index (χ0) is 19.6. The second kappa shape index (κ2) is 7.83. The van der Waals surface area contributed by atoms with Crippen LogP contribution in [-0.4, -0.2) is 37.8 Å². The van der Waals surface area contributed by atoms with E-state index in [1.807, 2.05) is 31.2 Å². The van der Waals surface area contributed by atoms with E-state index in [1.165, 1.54) is 6.07 Å². The monoisotopic (exact) mass is 399 g/mol. The van der Waals surface area contributed by atoms with E-state index in [2.05, 4.69) is 14.9 Å². The summed E-state index contributed by atoms with van der Waals surface area (Å²) in [5.74, 6) is 0.728. The van der Waals surface area contributed by atoms with Crippen LogP contribution in [0.25, 0.3) is 22.8 Å². The lowest BCUT2D eigenvalue weighted by atomic mass is 10.1. The number of hydrogen-bond donors (Lipinski definition) is 1. The second-order valence-corrected chi connectivity index (χ2v) is 8.57. The van der Waals surface area contributed by atoms with Crippen LogP contribution in [0.1, 0.15) is 18.4 Å². The second-order valence-electron chi connectivity index (χ2n) is 6.80. The molecule has 1 aliphatic rings. The molecule has 2 heterocycles. The van der Waals surface area contributed by atoms with Crippen molar-refractivity contribution in [1.29, 1.82) is 0 Å². The third-order valence-electron chi connectivity index (χ3n) is 4.65. The Labute approximate surface area is 163 Å². The molecule has 1 atom stereocenters. The summed E-state index contributed by atoms with van der Waals surface area (Å²) in [6, 6.07) is 14.2. The summed E-state index contributed by atoms with van der Waals surface area (Å²) in [5.41, 5.74) is 2.52. The van der Waals surface area contributed by atoms with Crippen molar-refractivity contribution in [2.45, 2.75) is 30.8 Å². The molecule has 0 saturated carbocycles. The van der Waals surface area contributed by atoms with Gasteiger partial charge in [-0.05, 0) is 38.0 Å². The van der Waals surface area contributed by atoms with Gasteiger partial charge in [-0.2, -0.15) is 4.98 Å². The van der Waals surface area contributed by atoms with Gasteiger partial charge in [-0.15, -0.1) is 0 Å². The molecule has 8 heteroatoms. The largest absolute Gasteiger partial charge is 0.377 e. The van der Waals surface area contributed by atoms with Gasteiger partial charge < -0.3 is 9.26 Å². The van der Waals surface area contributed by atoms with Crippen molar-refractivity contribution in [2.24, 2.45) is 0 Å². The van der Waals surface area contributed by atoms with E-state index in [0.717, 1.165) is 24.0 Å². The SMILES string of the molecule is Cc1ccc(-c2noc(-c3cccc(S(=O)(=O)NCC4CCCO4)c3)n2)cc1. The quantitative estimate of drug-likeness (QED) is 0.684. The molecular formula is C20H21N3O4S. The van der Waals surface area contributed by atoms with Crippen LogP contribution in [-0.2, 0) is 14.8 Å². The molecule has 7 nitrogen and oxygen atoms in total. The summed E-state index contributed by atoms with van der Waals surface area (Å²) >= 11 is 0. The Morgan fingerprint density at radius 1 is 1.14 bits per heavy atom. The predicted octanol–water partition coefficient (Wildman–Crippen LogP) is 3.17. The summed E-state index contributed by atoms with van der Waals surface area (Å²) < 4.78 is 38.6. The van der Waals surface area contributed by atoms with Crippen molar-refractivity contribution in [3.63, 3.8) is 0 Å². The maximum Gasteiger partial charge on any atom is 0.258 e. The van der Waals surface area contributed by atoms with Gasteiger partial charge in [0, 0.05) is 24.3 Å². The Morgan fingerprint density at radius 3 is 2.71 bits per heavy atom. The van der Waals surface area contributed by atoms with E-state index in [1.54, 1.807) is 18.2 Å². The third-order valence-corrected chi connectivity index (χ3v) is 6.07. The first-order valence-corrected chi connectivity index (χ1v) is 10.6. The maximum atomic E-state index is 12.6. The van der Waals surface area contributed by atoms with Crippen molar-refractivity contribution < 1.29 is 17.7 Å². The molecule has 0 radical (unpaired) electrons. The minimum Gasteiger partial charge on any atom is -0.377 e. The van der Waals surface area contributed by atoms with Gasteiger partial charge in [0.25, 0.3) is 5.89 Å². The molecule has 4 rings (SSSR count). The summed E-state index contributed by atoms with van der Waals surface area (Å²) in [6.07, 6.45) is 1.76. The highest BCUT2D eigenvalue weighted by Gasteiger charge is 2.21. The average Bonchev–Trinajstić information content (AvgIpc) is 3.39. The molecule has 0 spiro atoms. The van der Waals surface area contributed by atoms with E-state index >= 15 is 0 Å². The number of aryl methyl sites for hydroxylation is 1. The minimum absolute atomic E-state index is 0.0639. The molecule has 0 bridgehead atoms. The fraction of sp³-hybridized carbons (Fsp3) is 0.300. The topological polar surface area (TPSA) is 94.3 Å². The van der Waals surface area contributed by atoms with Gasteiger partial charge in [-0.3, -0.25) is 0 Å². The minimum atomic E-state index is -3.65. The standard InChI is InChI=1S/C20H21N3O4S/c1-14-7-9-15(10-8-14)19-22-20(27-23-19)16-4-2-6-18(12-16)28(24,25)21-13-17-5-3-11-26-17/h2,4,6-10,12,17,21H,3,5,11,13H2,1H3. The number of hydrogen-bond acceptors (Lipinski definition) is 6. The molecule has 1 aromatic heterocycles. The van der Waals surface area contributed by atoms with Gasteiger partial charge in [0.2, 0.25) is 15.8 Å². The van der Waals surface area contributed by atoms with Gasteiger partial charge in [0.1, 0.15) is 0 Å². The molecule has 1 fully saturated rings. The third kappa shape index (κ3) is 4.14. The van der Waals surface area contributed by atoms with Crippen LogP contribution < -0.4 is 4.72 Å². The summed E-state index contributed by atoms with van der Waals surface area (Å²) in [6.45, 7) is 2.96. The number of nitrogens with zero attached hydrogens (tertiary/aromatic N) is 2. The van der Waals surface area contributed by atoms with Crippen LogP contribution in [0.2, 0.25) is 0 Å². The fourth-order valence-corrected chi connectivity index (χ4v) is 4.16. The van der Waals surface area contributed by atoms with Crippen LogP contribution in [0.4, 0.5) is 0 Å². The Hall–Kier alpha value is -2.55. The number of benzene rings is 2. The van der Waals surface area contributed by atoms with Crippen LogP contribution in [0.15, 0.2) is 57.9 Å². The molecule has 0 amide bonds. The van der Waals surface area contributed by atoms with Crippen LogP contribution in [0.5, 0.6) is 0 Å². The van der Waals surface area contributed by atoms with Crippen LogP contribution in [0.3, 0.4) is 0 Å². The number of sulfonamides is 1. The lowest BCUT2D eigenvalue weighted by molar-refractivity contribution is 0.114. The fourth-order valence-electron chi connectivity index (χ4n) is 3.05. The van der Waals surface area contributed by atoms with Crippen molar-refractivity contribution in [2.75, 3.05) is 13.2 Å². The molecular weight excluding hydrogens is 378 g/mol. The molecule has 0 aliphatic carbocycles. The van der Waals surface area contributed by atoms with Gasteiger partial charge in [-0.25, -0.2) is 13.1 Å². The van der Waals surface area contributed by atoms with Crippen molar-refractivity contribution in [1.82, 2.24) is 14.9 Å². The Bertz CT molecular complexity index is 1060. The lowest BCUT2D eigenvalue weighted by Crippen LogP contribution is -2.31. The maximum absolute atomic E-state index is 12.6.